The number of nitrogens with one attached hydrogen (secondary N) is 2. The van der Waals surface area contributed by atoms with Crippen molar-refractivity contribution in [3.63, 3.8) is 0 Å². The van der Waals surface area contributed by atoms with E-state index in [1.165, 1.54) is 6.20 Å². The van der Waals surface area contributed by atoms with Gasteiger partial charge in [0.2, 0.25) is 5.91 Å². The van der Waals surface area contributed by atoms with Crippen molar-refractivity contribution >= 4 is 39.1 Å². The van der Waals surface area contributed by atoms with Crippen LogP contribution in [-0.4, -0.2) is 21.6 Å². The smallest absolute Gasteiger partial charge is 0.258 e. The molecule has 0 saturated carbocycles. The first kappa shape index (κ1) is 19.8. The summed E-state index contributed by atoms with van der Waals surface area (Å²) in [6.45, 7) is 3.99. The van der Waals surface area contributed by atoms with Crippen molar-refractivity contribution in [2.45, 2.75) is 20.3 Å². The Labute approximate surface area is 172 Å². The molecule has 3 aromatic rings. The SMILES string of the molecule is CC(C)CC(=O)Nc1ccc(NC(=O)c2cnn(-c3ccc(Br)cc3)c2)cc1. The highest BCUT2D eigenvalue weighted by molar-refractivity contribution is 9.10. The zero-order valence-electron chi connectivity index (χ0n) is 15.6. The van der Waals surface area contributed by atoms with Crippen molar-refractivity contribution in [3.05, 3.63) is 71.0 Å². The van der Waals surface area contributed by atoms with Gasteiger partial charge in [0.25, 0.3) is 5.91 Å². The van der Waals surface area contributed by atoms with Gasteiger partial charge in [-0.2, -0.15) is 5.10 Å². The Hall–Kier alpha value is -2.93. The van der Waals surface area contributed by atoms with Crippen molar-refractivity contribution in [1.82, 2.24) is 9.78 Å². The van der Waals surface area contributed by atoms with Crippen LogP contribution in [0.5, 0.6) is 0 Å². The number of carbonyl (C=O) groups excluding carboxylic acids is 2. The minimum absolute atomic E-state index is 0.0212. The molecule has 0 bridgehead atoms. The lowest BCUT2D eigenvalue weighted by molar-refractivity contribution is -0.116. The Morgan fingerprint density at radius 3 is 2.21 bits per heavy atom. The van der Waals surface area contributed by atoms with Crippen LogP contribution in [0.3, 0.4) is 0 Å². The lowest BCUT2D eigenvalue weighted by Crippen LogP contribution is -2.14. The molecule has 2 amide bonds. The number of benzene rings is 2. The third-order valence-corrected chi connectivity index (χ3v) is 4.48. The predicted octanol–water partition coefficient (Wildman–Crippen LogP) is 4.87. The monoisotopic (exact) mass is 440 g/mol. The first-order valence-electron chi connectivity index (χ1n) is 8.92. The Balaban J connectivity index is 1.62. The summed E-state index contributed by atoms with van der Waals surface area (Å²) in [7, 11) is 0. The Morgan fingerprint density at radius 2 is 1.61 bits per heavy atom. The molecule has 0 aliphatic heterocycles. The van der Waals surface area contributed by atoms with E-state index < -0.39 is 0 Å². The summed E-state index contributed by atoms with van der Waals surface area (Å²) in [6, 6.07) is 14.7. The molecule has 6 nitrogen and oxygen atoms in total. The molecule has 7 heteroatoms. The average molecular weight is 441 g/mol. The summed E-state index contributed by atoms with van der Waals surface area (Å²) >= 11 is 3.39. The lowest BCUT2D eigenvalue weighted by Gasteiger charge is -2.08. The lowest BCUT2D eigenvalue weighted by atomic mass is 10.1. The molecule has 0 radical (unpaired) electrons. The quantitative estimate of drug-likeness (QED) is 0.573. The molecular weight excluding hydrogens is 420 g/mol. The standard InChI is InChI=1S/C21H21BrN4O2/c1-14(2)11-20(27)24-17-5-7-18(8-6-17)25-21(28)15-12-23-26(13-15)19-9-3-16(22)4-10-19/h3-10,12-14H,11H2,1-2H3,(H,24,27)(H,25,28). The van der Waals surface area contributed by atoms with Crippen LogP contribution in [0.4, 0.5) is 11.4 Å². The molecule has 2 aromatic carbocycles. The van der Waals surface area contributed by atoms with E-state index in [1.807, 2.05) is 38.1 Å². The third-order valence-electron chi connectivity index (χ3n) is 3.96. The van der Waals surface area contributed by atoms with Gasteiger partial charge in [0.1, 0.15) is 0 Å². The molecule has 1 aromatic heterocycles. The maximum atomic E-state index is 12.5. The summed E-state index contributed by atoms with van der Waals surface area (Å²) in [4.78, 5) is 24.3. The van der Waals surface area contributed by atoms with Gasteiger partial charge in [-0.05, 0) is 54.4 Å². The molecular formula is C21H21BrN4O2. The van der Waals surface area contributed by atoms with E-state index in [0.29, 0.717) is 29.3 Å². The van der Waals surface area contributed by atoms with Gasteiger partial charge in [0.15, 0.2) is 0 Å². The largest absolute Gasteiger partial charge is 0.326 e. The van der Waals surface area contributed by atoms with Gasteiger partial charge in [0, 0.05) is 28.5 Å². The number of amides is 2. The summed E-state index contributed by atoms with van der Waals surface area (Å²) in [6.07, 6.45) is 3.68. The van der Waals surface area contributed by atoms with Crippen LogP contribution in [0.1, 0.15) is 30.6 Å². The van der Waals surface area contributed by atoms with Gasteiger partial charge in [-0.25, -0.2) is 4.68 Å². The molecule has 144 valence electrons. The number of rotatable bonds is 6. The summed E-state index contributed by atoms with van der Waals surface area (Å²) in [5.74, 6) is 0.0315. The number of nitrogens with zero attached hydrogens (tertiary/aromatic N) is 2. The Morgan fingerprint density at radius 1 is 1.00 bits per heavy atom. The van der Waals surface area contributed by atoms with Gasteiger partial charge >= 0.3 is 0 Å². The van der Waals surface area contributed by atoms with Crippen molar-refractivity contribution in [1.29, 1.82) is 0 Å². The van der Waals surface area contributed by atoms with Crippen LogP contribution in [0.2, 0.25) is 0 Å². The van der Waals surface area contributed by atoms with Gasteiger partial charge in [-0.15, -0.1) is 0 Å². The zero-order valence-corrected chi connectivity index (χ0v) is 17.2. The highest BCUT2D eigenvalue weighted by Crippen LogP contribution is 2.17. The molecule has 28 heavy (non-hydrogen) atoms. The van der Waals surface area contributed by atoms with E-state index in [9.17, 15) is 9.59 Å². The number of hydrogen-bond donors (Lipinski definition) is 2. The molecule has 0 spiro atoms. The van der Waals surface area contributed by atoms with Gasteiger partial charge in [-0.1, -0.05) is 29.8 Å². The fraction of sp³-hybridized carbons (Fsp3) is 0.190. The molecule has 1 heterocycles. The molecule has 3 rings (SSSR count). The summed E-state index contributed by atoms with van der Waals surface area (Å²) in [5.41, 5.74) is 2.66. The molecule has 0 atom stereocenters. The van der Waals surface area contributed by atoms with Crippen LogP contribution in [0, 0.1) is 5.92 Å². The maximum Gasteiger partial charge on any atom is 0.258 e. The topological polar surface area (TPSA) is 76.0 Å². The van der Waals surface area contributed by atoms with Crippen molar-refractivity contribution < 1.29 is 9.59 Å². The third kappa shape index (κ3) is 5.29. The van der Waals surface area contributed by atoms with E-state index in [-0.39, 0.29) is 11.8 Å². The fourth-order valence-corrected chi connectivity index (χ4v) is 2.86. The minimum atomic E-state index is -0.250. The van der Waals surface area contributed by atoms with Gasteiger partial charge in [-0.3, -0.25) is 9.59 Å². The number of carbonyl (C=O) groups is 2. The van der Waals surface area contributed by atoms with Crippen LogP contribution in [0.25, 0.3) is 5.69 Å². The highest BCUT2D eigenvalue weighted by Gasteiger charge is 2.10. The Kier molecular flexibility index (Phi) is 6.26. The molecule has 0 unspecified atom stereocenters. The second-order valence-corrected chi connectivity index (χ2v) is 7.74. The van der Waals surface area contributed by atoms with E-state index in [2.05, 4.69) is 31.7 Å². The first-order chi connectivity index (χ1) is 13.4. The average Bonchev–Trinajstić information content (AvgIpc) is 3.13. The number of aromatic nitrogens is 2. The van der Waals surface area contributed by atoms with Gasteiger partial charge in [0.05, 0.1) is 17.4 Å². The second-order valence-electron chi connectivity index (χ2n) is 6.83. The van der Waals surface area contributed by atoms with E-state index in [1.54, 1.807) is 35.1 Å². The number of anilines is 2. The van der Waals surface area contributed by atoms with Crippen LogP contribution in [-0.2, 0) is 4.79 Å². The Bertz CT molecular complexity index is 963. The second kappa shape index (κ2) is 8.84. The summed E-state index contributed by atoms with van der Waals surface area (Å²) in [5, 5.41) is 9.92. The van der Waals surface area contributed by atoms with Gasteiger partial charge < -0.3 is 10.6 Å². The minimum Gasteiger partial charge on any atom is -0.326 e. The molecule has 0 saturated heterocycles. The van der Waals surface area contributed by atoms with Crippen LogP contribution in [0.15, 0.2) is 65.4 Å². The van der Waals surface area contributed by atoms with Crippen molar-refractivity contribution in [2.75, 3.05) is 10.6 Å². The predicted molar refractivity (Wildman–Crippen MR) is 114 cm³/mol. The number of halogens is 1. The zero-order chi connectivity index (χ0) is 20.1. The number of hydrogen-bond acceptors (Lipinski definition) is 3. The molecule has 2 N–H and O–H groups in total. The molecule has 0 aliphatic rings. The van der Waals surface area contributed by atoms with E-state index in [0.717, 1.165) is 10.2 Å². The normalized spacial score (nSPS) is 10.7. The van der Waals surface area contributed by atoms with Crippen LogP contribution < -0.4 is 10.6 Å². The molecule has 0 aliphatic carbocycles. The van der Waals surface area contributed by atoms with Crippen LogP contribution >= 0.6 is 15.9 Å². The molecule has 0 fully saturated rings. The van der Waals surface area contributed by atoms with E-state index in [4.69, 9.17) is 0 Å². The highest BCUT2D eigenvalue weighted by atomic mass is 79.9. The van der Waals surface area contributed by atoms with Crippen molar-refractivity contribution in [2.24, 2.45) is 5.92 Å². The van der Waals surface area contributed by atoms with E-state index >= 15 is 0 Å². The van der Waals surface area contributed by atoms with Crippen molar-refractivity contribution in [3.8, 4) is 5.69 Å². The first-order valence-corrected chi connectivity index (χ1v) is 9.72. The maximum absolute atomic E-state index is 12.5. The fourth-order valence-electron chi connectivity index (χ4n) is 2.60. The summed E-state index contributed by atoms with van der Waals surface area (Å²) < 4.78 is 2.62.